The molecule has 16 heavy (non-hydrogen) atoms. The minimum atomic E-state index is -0.985. The number of nitrogens with zero attached hydrogens (tertiary/aromatic N) is 1. The molecule has 1 aliphatic rings. The number of piperidine rings is 1. The Labute approximate surface area is 92.6 Å². The summed E-state index contributed by atoms with van der Waals surface area (Å²) in [6.07, 6.45) is 0.318. The number of carbonyl (C=O) groups excluding carboxylic acids is 2. The number of hydrogen-bond acceptors (Lipinski definition) is 3. The van der Waals surface area contributed by atoms with Gasteiger partial charge in [0.1, 0.15) is 0 Å². The zero-order valence-electron chi connectivity index (χ0n) is 8.97. The number of aliphatic carboxylic acids is 1. The summed E-state index contributed by atoms with van der Waals surface area (Å²) in [5.41, 5.74) is 5.10. The van der Waals surface area contributed by atoms with Crippen molar-refractivity contribution in [2.24, 2.45) is 11.7 Å². The van der Waals surface area contributed by atoms with Gasteiger partial charge in [0.2, 0.25) is 5.91 Å². The molecule has 0 bridgehead atoms. The average Bonchev–Trinajstić information content (AvgIpc) is 2.15. The number of hydrogen-bond donors (Lipinski definition) is 3. The van der Waals surface area contributed by atoms with Crippen LogP contribution in [0.25, 0.3) is 0 Å². The van der Waals surface area contributed by atoms with E-state index in [0.717, 1.165) is 0 Å². The Kier molecular flexibility index (Phi) is 3.70. The fourth-order valence-electron chi connectivity index (χ4n) is 1.85. The van der Waals surface area contributed by atoms with Gasteiger partial charge in [-0.3, -0.25) is 9.59 Å². The lowest BCUT2D eigenvalue weighted by atomic mass is 9.94. The van der Waals surface area contributed by atoms with Crippen LogP contribution in [0.3, 0.4) is 0 Å². The smallest absolute Gasteiger partial charge is 0.314 e. The first kappa shape index (κ1) is 12.3. The Morgan fingerprint density at radius 1 is 1.38 bits per heavy atom. The Morgan fingerprint density at radius 3 is 2.44 bits per heavy atom. The van der Waals surface area contributed by atoms with Crippen LogP contribution < -0.4 is 11.1 Å². The van der Waals surface area contributed by atoms with Crippen molar-refractivity contribution in [3.63, 3.8) is 0 Å². The second kappa shape index (κ2) is 4.82. The summed E-state index contributed by atoms with van der Waals surface area (Å²) in [4.78, 5) is 34.0. The molecule has 1 rings (SSSR count). The van der Waals surface area contributed by atoms with Crippen LogP contribution in [0.1, 0.15) is 13.3 Å². The first-order valence-corrected chi connectivity index (χ1v) is 4.94. The molecule has 90 valence electrons. The summed E-state index contributed by atoms with van der Waals surface area (Å²) in [7, 11) is 0. The Bertz CT molecular complexity index is 296. The predicted molar refractivity (Wildman–Crippen MR) is 54.5 cm³/mol. The first-order valence-electron chi connectivity index (χ1n) is 4.94. The molecule has 0 aromatic heterocycles. The van der Waals surface area contributed by atoms with Crippen molar-refractivity contribution >= 4 is 17.9 Å². The fraction of sp³-hybridized carbons (Fsp3) is 0.667. The van der Waals surface area contributed by atoms with Crippen molar-refractivity contribution in [3.8, 4) is 0 Å². The molecule has 0 aromatic carbocycles. The van der Waals surface area contributed by atoms with Gasteiger partial charge < -0.3 is 21.1 Å². The molecule has 7 heteroatoms. The minimum absolute atomic E-state index is 0.0980. The highest BCUT2D eigenvalue weighted by molar-refractivity contribution is 5.76. The number of carboxylic acid groups (broad SMARTS) is 1. The highest BCUT2D eigenvalue weighted by Crippen LogP contribution is 2.17. The maximum absolute atomic E-state index is 11.0. The minimum Gasteiger partial charge on any atom is -0.481 e. The highest BCUT2D eigenvalue weighted by Gasteiger charge is 2.33. The van der Waals surface area contributed by atoms with Crippen molar-refractivity contribution in [2.45, 2.75) is 19.4 Å². The van der Waals surface area contributed by atoms with E-state index in [4.69, 9.17) is 10.8 Å². The number of likely N-dealkylation sites (tertiary alicyclic amines) is 1. The number of nitrogens with one attached hydrogen (secondary N) is 1. The van der Waals surface area contributed by atoms with E-state index in [1.807, 2.05) is 0 Å². The van der Waals surface area contributed by atoms with Crippen LogP contribution in [-0.4, -0.2) is 47.0 Å². The number of nitrogens with two attached hydrogens (primary N) is 1. The van der Waals surface area contributed by atoms with Crippen molar-refractivity contribution < 1.29 is 19.5 Å². The van der Waals surface area contributed by atoms with Gasteiger partial charge in [-0.05, 0) is 6.42 Å². The number of carbonyl (C=O) groups is 3. The molecule has 0 radical (unpaired) electrons. The molecule has 2 atom stereocenters. The van der Waals surface area contributed by atoms with Gasteiger partial charge in [0.25, 0.3) is 0 Å². The van der Waals surface area contributed by atoms with E-state index < -0.39 is 17.9 Å². The molecule has 1 aliphatic heterocycles. The van der Waals surface area contributed by atoms with E-state index in [-0.39, 0.29) is 25.0 Å². The van der Waals surface area contributed by atoms with Gasteiger partial charge in [0.15, 0.2) is 0 Å². The largest absolute Gasteiger partial charge is 0.481 e. The van der Waals surface area contributed by atoms with Crippen molar-refractivity contribution in [1.29, 1.82) is 0 Å². The molecule has 4 N–H and O–H groups in total. The normalized spacial score (nSPS) is 24.9. The third kappa shape index (κ3) is 3.11. The average molecular weight is 229 g/mol. The van der Waals surface area contributed by atoms with Gasteiger partial charge >= 0.3 is 12.0 Å². The maximum atomic E-state index is 11.0. The first-order chi connectivity index (χ1) is 7.40. The zero-order chi connectivity index (χ0) is 12.3. The summed E-state index contributed by atoms with van der Waals surface area (Å²) in [5.74, 6) is -1.92. The molecule has 1 heterocycles. The Hall–Kier alpha value is -1.79. The lowest BCUT2D eigenvalue weighted by Gasteiger charge is -2.35. The Morgan fingerprint density at radius 2 is 2.00 bits per heavy atom. The van der Waals surface area contributed by atoms with Crippen LogP contribution in [0.5, 0.6) is 0 Å². The fourth-order valence-corrected chi connectivity index (χ4v) is 1.85. The summed E-state index contributed by atoms with van der Waals surface area (Å²) < 4.78 is 0. The van der Waals surface area contributed by atoms with Gasteiger partial charge in [-0.2, -0.15) is 0 Å². The van der Waals surface area contributed by atoms with Crippen LogP contribution >= 0.6 is 0 Å². The topological polar surface area (TPSA) is 113 Å². The predicted octanol–water partition coefficient (Wildman–Crippen LogP) is -1.02. The van der Waals surface area contributed by atoms with Crippen LogP contribution in [0.2, 0.25) is 0 Å². The SMILES string of the molecule is CC(=O)NC1CC(C(=O)O)CN(C(N)=O)C1. The third-order valence-electron chi connectivity index (χ3n) is 2.52. The molecular formula is C9H15N3O4. The van der Waals surface area contributed by atoms with Crippen LogP contribution in [0.15, 0.2) is 0 Å². The van der Waals surface area contributed by atoms with Crippen LogP contribution in [0.4, 0.5) is 4.79 Å². The third-order valence-corrected chi connectivity index (χ3v) is 2.52. The monoisotopic (exact) mass is 229 g/mol. The summed E-state index contributed by atoms with van der Waals surface area (Å²) in [5, 5.41) is 11.5. The van der Waals surface area contributed by atoms with E-state index >= 15 is 0 Å². The van der Waals surface area contributed by atoms with E-state index in [2.05, 4.69) is 5.32 Å². The molecule has 1 saturated heterocycles. The summed E-state index contributed by atoms with van der Waals surface area (Å²) in [6, 6.07) is -1.01. The molecule has 2 unspecified atom stereocenters. The number of primary amides is 1. The second-order valence-electron chi connectivity index (χ2n) is 3.91. The van der Waals surface area contributed by atoms with E-state index in [9.17, 15) is 14.4 Å². The van der Waals surface area contributed by atoms with Gasteiger partial charge in [0, 0.05) is 26.1 Å². The van der Waals surface area contributed by atoms with Crippen molar-refractivity contribution in [1.82, 2.24) is 10.2 Å². The molecule has 7 nitrogen and oxygen atoms in total. The quantitative estimate of drug-likeness (QED) is 0.562. The number of amides is 3. The van der Waals surface area contributed by atoms with Crippen molar-refractivity contribution in [2.75, 3.05) is 13.1 Å². The van der Waals surface area contributed by atoms with Gasteiger partial charge in [-0.25, -0.2) is 4.79 Å². The standard InChI is InChI=1S/C9H15N3O4/c1-5(13)11-7-2-6(8(14)15)3-12(4-7)9(10)16/h6-7H,2-4H2,1H3,(H2,10,16)(H,11,13)(H,14,15). The maximum Gasteiger partial charge on any atom is 0.314 e. The van der Waals surface area contributed by atoms with E-state index in [1.54, 1.807) is 0 Å². The molecule has 3 amide bonds. The lowest BCUT2D eigenvalue weighted by molar-refractivity contribution is -0.143. The summed E-state index contributed by atoms with van der Waals surface area (Å²) >= 11 is 0. The van der Waals surface area contributed by atoms with Gasteiger partial charge in [-0.15, -0.1) is 0 Å². The van der Waals surface area contributed by atoms with E-state index in [0.29, 0.717) is 6.42 Å². The van der Waals surface area contributed by atoms with Gasteiger partial charge in [0.05, 0.1) is 5.92 Å². The lowest BCUT2D eigenvalue weighted by Crippen LogP contribution is -2.55. The summed E-state index contributed by atoms with van der Waals surface area (Å²) in [6.45, 7) is 1.71. The molecule has 0 aromatic rings. The molecule has 0 saturated carbocycles. The van der Waals surface area contributed by atoms with E-state index in [1.165, 1.54) is 11.8 Å². The van der Waals surface area contributed by atoms with Crippen LogP contribution in [-0.2, 0) is 9.59 Å². The molecule has 1 fully saturated rings. The number of urea groups is 1. The number of carboxylic acids is 1. The zero-order valence-corrected chi connectivity index (χ0v) is 8.97. The Balaban J connectivity index is 2.69. The molecular weight excluding hydrogens is 214 g/mol. The molecule has 0 spiro atoms. The van der Waals surface area contributed by atoms with Crippen LogP contribution in [0, 0.1) is 5.92 Å². The molecule has 0 aliphatic carbocycles. The van der Waals surface area contributed by atoms with Gasteiger partial charge in [-0.1, -0.05) is 0 Å². The number of rotatable bonds is 2. The second-order valence-corrected chi connectivity index (χ2v) is 3.91. The highest BCUT2D eigenvalue weighted by atomic mass is 16.4. The van der Waals surface area contributed by atoms with Crippen molar-refractivity contribution in [3.05, 3.63) is 0 Å².